The van der Waals surface area contributed by atoms with Gasteiger partial charge in [-0.25, -0.2) is 0 Å². The van der Waals surface area contributed by atoms with Gasteiger partial charge in [-0.1, -0.05) is 5.16 Å². The fourth-order valence-corrected chi connectivity index (χ4v) is 2.63. The lowest BCUT2D eigenvalue weighted by Gasteiger charge is -2.20. The van der Waals surface area contributed by atoms with Crippen molar-refractivity contribution in [2.24, 2.45) is 0 Å². The summed E-state index contributed by atoms with van der Waals surface area (Å²) in [5.74, 6) is 2.45. The molecule has 100 valence electrons. The average Bonchev–Trinajstić information content (AvgIpc) is 3.01. The number of aromatic nitrogens is 4. The van der Waals surface area contributed by atoms with Crippen LogP contribution in [0.25, 0.3) is 11.6 Å². The van der Waals surface area contributed by atoms with Crippen molar-refractivity contribution in [3.05, 3.63) is 17.6 Å². The van der Waals surface area contributed by atoms with Crippen molar-refractivity contribution in [2.45, 2.75) is 37.5 Å². The van der Waals surface area contributed by atoms with Crippen molar-refractivity contribution in [1.29, 1.82) is 0 Å². The van der Waals surface area contributed by atoms with Gasteiger partial charge in [0.05, 0.1) is 0 Å². The summed E-state index contributed by atoms with van der Waals surface area (Å²) in [5, 5.41) is 14.8. The van der Waals surface area contributed by atoms with Crippen LogP contribution in [0.4, 0.5) is 0 Å². The third kappa shape index (κ3) is 2.16. The molecule has 0 spiro atoms. The smallest absolute Gasteiger partial charge is 0.278 e. The Labute approximate surface area is 111 Å². The molecule has 1 saturated carbocycles. The molecule has 0 amide bonds. The molecular weight excluding hydrogens is 242 g/mol. The summed E-state index contributed by atoms with van der Waals surface area (Å²) < 4.78 is 5.30. The van der Waals surface area contributed by atoms with Crippen molar-refractivity contribution in [2.75, 3.05) is 13.1 Å². The lowest BCUT2D eigenvalue weighted by molar-refractivity contribution is 0.421. The maximum atomic E-state index is 5.30. The van der Waals surface area contributed by atoms with Gasteiger partial charge in [0.2, 0.25) is 0 Å². The second-order valence-electron chi connectivity index (χ2n) is 5.46. The van der Waals surface area contributed by atoms with Crippen LogP contribution in [0.15, 0.2) is 10.6 Å². The number of nitrogens with zero attached hydrogens (tertiary/aromatic N) is 3. The molecule has 1 aliphatic heterocycles. The van der Waals surface area contributed by atoms with E-state index in [-0.39, 0.29) is 0 Å². The van der Waals surface area contributed by atoms with Crippen LogP contribution in [0, 0.1) is 0 Å². The van der Waals surface area contributed by atoms with Gasteiger partial charge in [0.25, 0.3) is 5.89 Å². The van der Waals surface area contributed by atoms with Crippen molar-refractivity contribution in [3.63, 3.8) is 0 Å². The van der Waals surface area contributed by atoms with Gasteiger partial charge >= 0.3 is 0 Å². The number of hydrogen-bond acceptors (Lipinski definition) is 5. The molecule has 4 rings (SSSR count). The molecule has 0 atom stereocenters. The Morgan fingerprint density at radius 1 is 1.11 bits per heavy atom. The SMILES string of the molecule is c1c(-c2nc(C3CC3)no2)n[nH]c1C1CCNCC1. The van der Waals surface area contributed by atoms with E-state index in [1.807, 2.05) is 0 Å². The van der Waals surface area contributed by atoms with Gasteiger partial charge in [-0.05, 0) is 44.8 Å². The fraction of sp³-hybridized carbons (Fsp3) is 0.615. The molecule has 2 N–H and O–H groups in total. The molecule has 2 aliphatic rings. The first kappa shape index (κ1) is 11.2. The first-order valence-electron chi connectivity index (χ1n) is 7.00. The van der Waals surface area contributed by atoms with Crippen LogP contribution in [0.3, 0.4) is 0 Å². The van der Waals surface area contributed by atoms with Crippen LogP contribution in [0.1, 0.15) is 49.0 Å². The second kappa shape index (κ2) is 4.45. The summed E-state index contributed by atoms with van der Waals surface area (Å²) in [4.78, 5) is 4.43. The van der Waals surface area contributed by atoms with Crippen LogP contribution >= 0.6 is 0 Å². The van der Waals surface area contributed by atoms with Crippen LogP contribution in [0.2, 0.25) is 0 Å². The van der Waals surface area contributed by atoms with Crippen molar-refractivity contribution in [1.82, 2.24) is 25.7 Å². The molecule has 0 aromatic carbocycles. The predicted octanol–water partition coefficient (Wildman–Crippen LogP) is 1.80. The van der Waals surface area contributed by atoms with Gasteiger partial charge in [-0.15, -0.1) is 0 Å². The first-order valence-corrected chi connectivity index (χ1v) is 7.00. The van der Waals surface area contributed by atoms with E-state index in [2.05, 4.69) is 31.7 Å². The van der Waals surface area contributed by atoms with Gasteiger partial charge in [-0.2, -0.15) is 10.1 Å². The number of aromatic amines is 1. The van der Waals surface area contributed by atoms with Crippen LogP contribution in [0.5, 0.6) is 0 Å². The second-order valence-corrected chi connectivity index (χ2v) is 5.46. The zero-order valence-electron chi connectivity index (χ0n) is 10.7. The minimum absolute atomic E-state index is 0.514. The molecule has 2 fully saturated rings. The molecule has 2 aromatic heterocycles. The van der Waals surface area contributed by atoms with Crippen LogP contribution in [-0.2, 0) is 0 Å². The van der Waals surface area contributed by atoms with E-state index in [9.17, 15) is 0 Å². The molecule has 1 aliphatic carbocycles. The number of H-pyrrole nitrogens is 1. The number of piperidine rings is 1. The summed E-state index contributed by atoms with van der Waals surface area (Å²) in [6.07, 6.45) is 4.66. The summed E-state index contributed by atoms with van der Waals surface area (Å²) in [7, 11) is 0. The molecule has 6 nitrogen and oxygen atoms in total. The van der Waals surface area contributed by atoms with E-state index in [4.69, 9.17) is 4.52 Å². The highest BCUT2D eigenvalue weighted by Crippen LogP contribution is 2.38. The zero-order chi connectivity index (χ0) is 12.7. The quantitative estimate of drug-likeness (QED) is 0.878. The Morgan fingerprint density at radius 3 is 2.74 bits per heavy atom. The first-order chi connectivity index (χ1) is 9.40. The molecule has 1 saturated heterocycles. The highest BCUT2D eigenvalue weighted by Gasteiger charge is 2.29. The van der Waals surface area contributed by atoms with Gasteiger partial charge in [0.15, 0.2) is 11.5 Å². The Hall–Kier alpha value is -1.69. The normalized spacial score (nSPS) is 20.8. The van der Waals surface area contributed by atoms with Gasteiger partial charge in [0, 0.05) is 17.5 Å². The van der Waals surface area contributed by atoms with E-state index >= 15 is 0 Å². The molecule has 2 aromatic rings. The van der Waals surface area contributed by atoms with Crippen LogP contribution in [-0.4, -0.2) is 33.4 Å². The molecule has 0 bridgehead atoms. The van der Waals surface area contributed by atoms with Gasteiger partial charge in [-0.3, -0.25) is 5.10 Å². The summed E-state index contributed by atoms with van der Waals surface area (Å²) in [5.41, 5.74) is 1.95. The van der Waals surface area contributed by atoms with E-state index in [0.29, 0.717) is 17.7 Å². The summed E-state index contributed by atoms with van der Waals surface area (Å²) >= 11 is 0. The largest absolute Gasteiger partial charge is 0.332 e. The number of nitrogens with one attached hydrogen (secondary N) is 2. The van der Waals surface area contributed by atoms with Crippen molar-refractivity contribution in [3.8, 4) is 11.6 Å². The van der Waals surface area contributed by atoms with Gasteiger partial charge in [0.1, 0.15) is 0 Å². The maximum absolute atomic E-state index is 5.30. The molecule has 3 heterocycles. The zero-order valence-corrected chi connectivity index (χ0v) is 10.7. The van der Waals surface area contributed by atoms with Crippen molar-refractivity contribution < 1.29 is 4.52 Å². The number of hydrogen-bond donors (Lipinski definition) is 2. The molecule has 6 heteroatoms. The highest BCUT2D eigenvalue weighted by molar-refractivity contribution is 5.47. The third-order valence-electron chi connectivity index (χ3n) is 3.98. The minimum atomic E-state index is 0.514. The molecular formula is C13H17N5O. The summed E-state index contributed by atoms with van der Waals surface area (Å²) in [6.45, 7) is 2.15. The lowest BCUT2D eigenvalue weighted by Crippen LogP contribution is -2.26. The number of rotatable bonds is 3. The average molecular weight is 259 g/mol. The Bertz CT molecular complexity index is 565. The van der Waals surface area contributed by atoms with Crippen LogP contribution < -0.4 is 5.32 Å². The highest BCUT2D eigenvalue weighted by atomic mass is 16.5. The fourth-order valence-electron chi connectivity index (χ4n) is 2.63. The Kier molecular flexibility index (Phi) is 2.61. The van der Waals surface area contributed by atoms with E-state index in [1.165, 1.54) is 18.5 Å². The Balaban J connectivity index is 1.55. The molecule has 0 unspecified atom stereocenters. The van der Waals surface area contributed by atoms with Gasteiger partial charge < -0.3 is 9.84 Å². The minimum Gasteiger partial charge on any atom is -0.332 e. The standard InChI is InChI=1S/C13H17N5O/c1-2-9(1)12-15-13(19-18-12)11-7-10(16-17-11)8-3-5-14-6-4-8/h7-9,14H,1-6H2,(H,16,17). The van der Waals surface area contributed by atoms with E-state index in [0.717, 1.165) is 37.4 Å². The van der Waals surface area contributed by atoms with E-state index < -0.39 is 0 Å². The van der Waals surface area contributed by atoms with E-state index in [1.54, 1.807) is 0 Å². The van der Waals surface area contributed by atoms with Crippen molar-refractivity contribution >= 4 is 0 Å². The molecule has 0 radical (unpaired) electrons. The molecule has 19 heavy (non-hydrogen) atoms. The maximum Gasteiger partial charge on any atom is 0.278 e. The third-order valence-corrected chi connectivity index (χ3v) is 3.98. The lowest BCUT2D eigenvalue weighted by atomic mass is 9.95. The predicted molar refractivity (Wildman–Crippen MR) is 68.7 cm³/mol. The Morgan fingerprint density at radius 2 is 1.95 bits per heavy atom. The monoisotopic (exact) mass is 259 g/mol. The topological polar surface area (TPSA) is 79.6 Å². The summed E-state index contributed by atoms with van der Waals surface area (Å²) in [6, 6.07) is 2.06.